The molecule has 1 fully saturated rings. The first-order valence-electron chi connectivity index (χ1n) is 5.70. The van der Waals surface area contributed by atoms with Crippen molar-refractivity contribution >= 4 is 34.9 Å². The molecule has 1 aliphatic heterocycles. The minimum absolute atomic E-state index is 0.326. The van der Waals surface area contributed by atoms with Crippen molar-refractivity contribution in [2.24, 2.45) is 5.73 Å². The molecule has 1 atom stereocenters. The topological polar surface area (TPSA) is 55.0 Å². The zero-order valence-electron chi connectivity index (χ0n) is 9.80. The third kappa shape index (κ3) is 3.07. The van der Waals surface area contributed by atoms with Crippen LogP contribution in [-0.4, -0.2) is 39.0 Å². The van der Waals surface area contributed by atoms with Gasteiger partial charge in [-0.15, -0.1) is 0 Å². The minimum Gasteiger partial charge on any atom is -0.388 e. The van der Waals surface area contributed by atoms with Gasteiger partial charge in [0.2, 0.25) is 5.95 Å². The van der Waals surface area contributed by atoms with Crippen LogP contribution in [0.2, 0.25) is 0 Å². The summed E-state index contributed by atoms with van der Waals surface area (Å²) in [6.45, 7) is 4.21. The molecular weight excluding hydrogens is 252 g/mol. The molecule has 17 heavy (non-hydrogen) atoms. The molecule has 1 aliphatic rings. The maximum absolute atomic E-state index is 5.58. The number of aromatic nitrogens is 2. The van der Waals surface area contributed by atoms with Crippen molar-refractivity contribution in [2.45, 2.75) is 18.6 Å². The van der Waals surface area contributed by atoms with Crippen molar-refractivity contribution in [3.8, 4) is 0 Å². The van der Waals surface area contributed by atoms with E-state index >= 15 is 0 Å². The van der Waals surface area contributed by atoms with Gasteiger partial charge in [-0.1, -0.05) is 19.1 Å². The second-order valence-corrected chi connectivity index (χ2v) is 5.80. The number of anilines is 1. The van der Waals surface area contributed by atoms with Crippen LogP contribution in [-0.2, 0) is 0 Å². The Morgan fingerprint density at radius 1 is 1.71 bits per heavy atom. The summed E-state index contributed by atoms with van der Waals surface area (Å²) in [5, 5.41) is 0.667. The van der Waals surface area contributed by atoms with Crippen molar-refractivity contribution in [2.75, 3.05) is 23.7 Å². The predicted octanol–water partition coefficient (Wildman–Crippen LogP) is 1.44. The lowest BCUT2D eigenvalue weighted by atomic mass is 10.3. The highest BCUT2D eigenvalue weighted by Gasteiger charge is 2.21. The molecule has 1 aromatic heterocycles. The van der Waals surface area contributed by atoms with Gasteiger partial charge >= 0.3 is 0 Å². The van der Waals surface area contributed by atoms with Crippen molar-refractivity contribution in [3.05, 3.63) is 18.0 Å². The van der Waals surface area contributed by atoms with Crippen LogP contribution in [0.25, 0.3) is 0 Å². The van der Waals surface area contributed by atoms with Crippen molar-refractivity contribution in [1.29, 1.82) is 0 Å². The molecule has 1 unspecified atom stereocenters. The van der Waals surface area contributed by atoms with Gasteiger partial charge < -0.3 is 10.6 Å². The van der Waals surface area contributed by atoms with E-state index in [4.69, 9.17) is 18.0 Å². The highest BCUT2D eigenvalue weighted by atomic mass is 32.2. The van der Waals surface area contributed by atoms with E-state index in [1.165, 1.54) is 6.42 Å². The Hall–Kier alpha value is -0.880. The summed E-state index contributed by atoms with van der Waals surface area (Å²) in [7, 11) is 0. The molecule has 0 amide bonds. The Balaban J connectivity index is 2.16. The molecule has 2 N–H and O–H groups in total. The number of thiocarbonyl (C=S) groups is 1. The maximum atomic E-state index is 5.58. The van der Waals surface area contributed by atoms with E-state index in [1.807, 2.05) is 11.8 Å². The van der Waals surface area contributed by atoms with Gasteiger partial charge in [0, 0.05) is 30.3 Å². The summed E-state index contributed by atoms with van der Waals surface area (Å²) in [6.07, 6.45) is 2.90. The van der Waals surface area contributed by atoms with Gasteiger partial charge in [0.05, 0.1) is 0 Å². The van der Waals surface area contributed by atoms with Gasteiger partial charge in [-0.05, 0) is 12.5 Å². The molecule has 0 saturated carbocycles. The fourth-order valence-corrected chi connectivity index (χ4v) is 3.08. The van der Waals surface area contributed by atoms with Crippen molar-refractivity contribution < 1.29 is 0 Å². The van der Waals surface area contributed by atoms with Crippen LogP contribution in [0.15, 0.2) is 12.3 Å². The van der Waals surface area contributed by atoms with Gasteiger partial charge in [0.1, 0.15) is 10.7 Å². The third-order valence-corrected chi connectivity index (χ3v) is 4.35. The van der Waals surface area contributed by atoms with E-state index in [0.29, 0.717) is 15.9 Å². The van der Waals surface area contributed by atoms with E-state index in [0.717, 1.165) is 24.8 Å². The Morgan fingerprint density at radius 2 is 2.53 bits per heavy atom. The fourth-order valence-electron chi connectivity index (χ4n) is 1.79. The van der Waals surface area contributed by atoms with E-state index in [1.54, 1.807) is 12.3 Å². The summed E-state index contributed by atoms with van der Waals surface area (Å²) >= 11 is 6.96. The van der Waals surface area contributed by atoms with Gasteiger partial charge in [0.25, 0.3) is 0 Å². The lowest BCUT2D eigenvalue weighted by molar-refractivity contribution is 0.709. The first kappa shape index (κ1) is 12.6. The summed E-state index contributed by atoms with van der Waals surface area (Å²) < 4.78 is 0. The van der Waals surface area contributed by atoms with Crippen LogP contribution in [0.5, 0.6) is 0 Å². The standard InChI is InChI=1S/C11H16N4S2/c1-2-8-7-15(5-6-17-8)11-13-4-3-9(14-11)10(12)16/h3-4,8H,2,5-7H2,1H3,(H2,12,16). The molecular formula is C11H16N4S2. The molecule has 2 rings (SSSR count). The average Bonchev–Trinajstić information content (AvgIpc) is 2.39. The third-order valence-electron chi connectivity index (χ3n) is 2.77. The Morgan fingerprint density at radius 3 is 3.24 bits per heavy atom. The first-order valence-corrected chi connectivity index (χ1v) is 7.15. The Kier molecular flexibility index (Phi) is 4.17. The highest BCUT2D eigenvalue weighted by molar-refractivity contribution is 8.00. The SMILES string of the molecule is CCC1CN(c2nccc(C(N)=S)n2)CCS1. The van der Waals surface area contributed by atoms with E-state index in [9.17, 15) is 0 Å². The van der Waals surface area contributed by atoms with Crippen LogP contribution >= 0.6 is 24.0 Å². The molecule has 1 aromatic rings. The van der Waals surface area contributed by atoms with Crippen molar-refractivity contribution in [3.63, 3.8) is 0 Å². The molecule has 1 saturated heterocycles. The van der Waals surface area contributed by atoms with Crippen LogP contribution in [0.4, 0.5) is 5.95 Å². The van der Waals surface area contributed by atoms with Crippen molar-refractivity contribution in [1.82, 2.24) is 9.97 Å². The summed E-state index contributed by atoms with van der Waals surface area (Å²) in [4.78, 5) is 11.2. The average molecular weight is 268 g/mol. The number of nitrogens with zero attached hydrogens (tertiary/aromatic N) is 3. The number of hydrogen-bond acceptors (Lipinski definition) is 5. The molecule has 0 spiro atoms. The molecule has 2 heterocycles. The zero-order valence-corrected chi connectivity index (χ0v) is 11.4. The predicted molar refractivity (Wildman–Crippen MR) is 76.7 cm³/mol. The molecule has 0 aliphatic carbocycles. The largest absolute Gasteiger partial charge is 0.388 e. The van der Waals surface area contributed by atoms with Crippen LogP contribution in [0.1, 0.15) is 19.0 Å². The summed E-state index contributed by atoms with van der Waals surface area (Å²) in [6, 6.07) is 1.75. The van der Waals surface area contributed by atoms with E-state index in [2.05, 4.69) is 21.8 Å². The van der Waals surface area contributed by atoms with Crippen LogP contribution in [0, 0.1) is 0 Å². The maximum Gasteiger partial charge on any atom is 0.226 e. The van der Waals surface area contributed by atoms with Gasteiger partial charge in [-0.2, -0.15) is 11.8 Å². The molecule has 0 radical (unpaired) electrons. The summed E-state index contributed by atoms with van der Waals surface area (Å²) in [5.41, 5.74) is 6.23. The van der Waals surface area contributed by atoms with Crippen LogP contribution in [0.3, 0.4) is 0 Å². The lowest BCUT2D eigenvalue weighted by Gasteiger charge is -2.31. The van der Waals surface area contributed by atoms with Gasteiger partial charge in [0.15, 0.2) is 0 Å². The molecule has 92 valence electrons. The number of nitrogens with two attached hydrogens (primary N) is 1. The molecule has 4 nitrogen and oxygen atoms in total. The second kappa shape index (κ2) is 5.64. The monoisotopic (exact) mass is 268 g/mol. The van der Waals surface area contributed by atoms with Crippen LogP contribution < -0.4 is 10.6 Å². The minimum atomic E-state index is 0.326. The quantitative estimate of drug-likeness (QED) is 0.837. The number of rotatable bonds is 3. The first-order chi connectivity index (χ1) is 8.20. The Bertz CT molecular complexity index is 410. The van der Waals surface area contributed by atoms with E-state index < -0.39 is 0 Å². The molecule has 6 heteroatoms. The lowest BCUT2D eigenvalue weighted by Crippen LogP contribution is -2.38. The van der Waals surface area contributed by atoms with E-state index in [-0.39, 0.29) is 0 Å². The fraction of sp³-hybridized carbons (Fsp3) is 0.545. The number of hydrogen-bond donors (Lipinski definition) is 1. The van der Waals surface area contributed by atoms with Gasteiger partial charge in [-0.3, -0.25) is 0 Å². The zero-order chi connectivity index (χ0) is 12.3. The summed E-state index contributed by atoms with van der Waals surface area (Å²) in [5.74, 6) is 1.87. The second-order valence-electron chi connectivity index (χ2n) is 3.95. The number of thioether (sulfide) groups is 1. The highest BCUT2D eigenvalue weighted by Crippen LogP contribution is 2.23. The molecule has 0 aromatic carbocycles. The van der Waals surface area contributed by atoms with Gasteiger partial charge in [-0.25, -0.2) is 9.97 Å². The molecule has 0 bridgehead atoms. The normalized spacial score (nSPS) is 20.3. The smallest absolute Gasteiger partial charge is 0.226 e. The Labute approximate surface area is 111 Å².